The van der Waals surface area contributed by atoms with Crippen molar-refractivity contribution < 1.29 is 14.3 Å². The highest BCUT2D eigenvalue weighted by atomic mass is 32.1. The maximum Gasteiger partial charge on any atom is 0.303 e. The van der Waals surface area contributed by atoms with Crippen molar-refractivity contribution in [3.63, 3.8) is 0 Å². The molecule has 0 bridgehead atoms. The van der Waals surface area contributed by atoms with Crippen LogP contribution < -0.4 is 0 Å². The van der Waals surface area contributed by atoms with Crippen molar-refractivity contribution in [2.24, 2.45) is 5.92 Å². The number of carboxylic acids is 1. The highest BCUT2D eigenvalue weighted by Gasteiger charge is 2.17. The molecular formula is C10H12N4O3S. The number of aromatic nitrogens is 4. The molecule has 96 valence electrons. The molecule has 18 heavy (non-hydrogen) atoms. The van der Waals surface area contributed by atoms with Crippen molar-refractivity contribution in [3.8, 4) is 10.8 Å². The lowest BCUT2D eigenvalue weighted by molar-refractivity contribution is -0.137. The Kier molecular flexibility index (Phi) is 3.66. The molecule has 2 aromatic rings. The van der Waals surface area contributed by atoms with E-state index in [4.69, 9.17) is 9.52 Å². The summed E-state index contributed by atoms with van der Waals surface area (Å²) in [5, 5.41) is 20.4. The topological polar surface area (TPSA) is 102 Å². The first kappa shape index (κ1) is 12.6. The molecule has 1 N–H and O–H groups in total. The Bertz CT molecular complexity index is 551. The highest BCUT2D eigenvalue weighted by Crippen LogP contribution is 2.24. The standard InChI is InChI=1S/C10H12N4O3S/c1-5(4-8(15)16)3-7-12-13-10(17-7)9-6(2)11-14-18-9/h5H,3-4H2,1-2H3,(H,15,16). The zero-order valence-electron chi connectivity index (χ0n) is 9.95. The lowest BCUT2D eigenvalue weighted by Crippen LogP contribution is -2.07. The van der Waals surface area contributed by atoms with E-state index in [0.717, 1.165) is 10.6 Å². The summed E-state index contributed by atoms with van der Waals surface area (Å²) >= 11 is 1.19. The molecule has 0 aliphatic heterocycles. The highest BCUT2D eigenvalue weighted by molar-refractivity contribution is 7.09. The van der Waals surface area contributed by atoms with Crippen molar-refractivity contribution in [2.75, 3.05) is 0 Å². The third kappa shape index (κ3) is 2.89. The summed E-state index contributed by atoms with van der Waals surface area (Å²) in [6.07, 6.45) is 0.531. The lowest BCUT2D eigenvalue weighted by Gasteiger charge is -2.03. The molecule has 1 atom stereocenters. The minimum Gasteiger partial charge on any atom is -0.481 e. The van der Waals surface area contributed by atoms with E-state index in [1.165, 1.54) is 11.5 Å². The van der Waals surface area contributed by atoms with Crippen LogP contribution in [-0.2, 0) is 11.2 Å². The van der Waals surface area contributed by atoms with Gasteiger partial charge in [-0.05, 0) is 24.4 Å². The van der Waals surface area contributed by atoms with Gasteiger partial charge in [0.05, 0.1) is 5.69 Å². The third-order valence-electron chi connectivity index (χ3n) is 2.36. The van der Waals surface area contributed by atoms with Gasteiger partial charge in [-0.25, -0.2) is 0 Å². The second-order valence-electron chi connectivity index (χ2n) is 4.10. The van der Waals surface area contributed by atoms with Crippen LogP contribution in [0.4, 0.5) is 0 Å². The van der Waals surface area contributed by atoms with Crippen molar-refractivity contribution in [3.05, 3.63) is 11.6 Å². The predicted octanol–water partition coefficient (Wildman–Crippen LogP) is 1.55. The fraction of sp³-hybridized carbons (Fsp3) is 0.500. The van der Waals surface area contributed by atoms with E-state index >= 15 is 0 Å². The van der Waals surface area contributed by atoms with Crippen molar-refractivity contribution in [2.45, 2.75) is 26.7 Å². The summed E-state index contributed by atoms with van der Waals surface area (Å²) in [6, 6.07) is 0. The molecule has 0 aromatic carbocycles. The van der Waals surface area contributed by atoms with Gasteiger partial charge in [0.15, 0.2) is 0 Å². The van der Waals surface area contributed by atoms with E-state index in [-0.39, 0.29) is 12.3 Å². The minimum absolute atomic E-state index is 0.0449. The average molecular weight is 268 g/mol. The molecule has 0 fully saturated rings. The summed E-state index contributed by atoms with van der Waals surface area (Å²) in [6.45, 7) is 3.65. The first-order valence-electron chi connectivity index (χ1n) is 5.39. The van der Waals surface area contributed by atoms with Gasteiger partial charge < -0.3 is 9.52 Å². The molecule has 2 heterocycles. The molecular weight excluding hydrogens is 256 g/mol. The maximum atomic E-state index is 10.6. The molecule has 8 heteroatoms. The van der Waals surface area contributed by atoms with Gasteiger partial charge in [-0.1, -0.05) is 11.4 Å². The van der Waals surface area contributed by atoms with Gasteiger partial charge in [0.2, 0.25) is 5.89 Å². The van der Waals surface area contributed by atoms with Crippen molar-refractivity contribution in [1.82, 2.24) is 19.8 Å². The van der Waals surface area contributed by atoms with Crippen LogP contribution in [0.3, 0.4) is 0 Å². The quantitative estimate of drug-likeness (QED) is 0.877. The number of rotatable bonds is 5. The van der Waals surface area contributed by atoms with Gasteiger partial charge in [0, 0.05) is 12.8 Å². The summed E-state index contributed by atoms with van der Waals surface area (Å²) in [7, 11) is 0. The third-order valence-corrected chi connectivity index (χ3v) is 3.17. The normalized spacial score (nSPS) is 12.6. The fourth-order valence-corrected chi connectivity index (χ4v) is 2.10. The summed E-state index contributed by atoms with van der Waals surface area (Å²) in [4.78, 5) is 11.3. The fourth-order valence-electron chi connectivity index (χ4n) is 1.52. The van der Waals surface area contributed by atoms with Crippen LogP contribution in [0.2, 0.25) is 0 Å². The zero-order valence-corrected chi connectivity index (χ0v) is 10.8. The van der Waals surface area contributed by atoms with Crippen LogP contribution in [0.15, 0.2) is 4.42 Å². The summed E-state index contributed by atoms with van der Waals surface area (Å²) < 4.78 is 9.27. The van der Waals surface area contributed by atoms with Crippen LogP contribution in [0, 0.1) is 12.8 Å². The SMILES string of the molecule is Cc1nnsc1-c1nnc(CC(C)CC(=O)O)o1. The Labute approximate surface area is 107 Å². The number of nitrogens with zero attached hydrogens (tertiary/aromatic N) is 4. The van der Waals surface area contributed by atoms with Crippen molar-refractivity contribution >= 4 is 17.5 Å². The average Bonchev–Trinajstić information content (AvgIpc) is 2.85. The Morgan fingerprint density at radius 3 is 2.83 bits per heavy atom. The van der Waals surface area contributed by atoms with Crippen LogP contribution in [0.25, 0.3) is 10.8 Å². The number of carboxylic acid groups (broad SMARTS) is 1. The largest absolute Gasteiger partial charge is 0.481 e. The van der Waals surface area contributed by atoms with E-state index in [1.54, 1.807) is 0 Å². The minimum atomic E-state index is -0.829. The van der Waals surface area contributed by atoms with E-state index in [0.29, 0.717) is 18.2 Å². The number of hydrogen-bond acceptors (Lipinski definition) is 7. The van der Waals surface area contributed by atoms with Gasteiger partial charge in [-0.3, -0.25) is 4.79 Å². The lowest BCUT2D eigenvalue weighted by atomic mass is 10.0. The Balaban J connectivity index is 2.07. The summed E-state index contributed by atoms with van der Waals surface area (Å²) in [5.74, 6) is -0.0483. The van der Waals surface area contributed by atoms with Crippen molar-refractivity contribution in [1.29, 1.82) is 0 Å². The molecule has 7 nitrogen and oxygen atoms in total. The van der Waals surface area contributed by atoms with Gasteiger partial charge in [-0.2, -0.15) is 0 Å². The van der Waals surface area contributed by atoms with Crippen LogP contribution in [-0.4, -0.2) is 30.9 Å². The Morgan fingerprint density at radius 1 is 1.44 bits per heavy atom. The number of aryl methyl sites for hydroxylation is 1. The zero-order chi connectivity index (χ0) is 13.1. The van der Waals surface area contributed by atoms with Gasteiger partial charge in [0.1, 0.15) is 4.88 Å². The van der Waals surface area contributed by atoms with E-state index in [2.05, 4.69) is 19.8 Å². The van der Waals surface area contributed by atoms with E-state index in [9.17, 15) is 4.79 Å². The molecule has 0 saturated heterocycles. The number of aliphatic carboxylic acids is 1. The molecule has 0 saturated carbocycles. The molecule has 0 radical (unpaired) electrons. The molecule has 0 amide bonds. The van der Waals surface area contributed by atoms with Gasteiger partial charge in [0.25, 0.3) is 5.89 Å². The molecule has 1 unspecified atom stereocenters. The first-order chi connectivity index (χ1) is 8.56. The second-order valence-corrected chi connectivity index (χ2v) is 4.85. The molecule has 0 aliphatic carbocycles. The van der Waals surface area contributed by atoms with Gasteiger partial charge >= 0.3 is 5.97 Å². The van der Waals surface area contributed by atoms with Gasteiger partial charge in [-0.15, -0.1) is 15.3 Å². The molecule has 2 rings (SSSR count). The Hall–Kier alpha value is -1.83. The monoisotopic (exact) mass is 268 g/mol. The molecule has 2 aromatic heterocycles. The summed E-state index contributed by atoms with van der Waals surface area (Å²) in [5.41, 5.74) is 0.744. The second kappa shape index (κ2) is 5.21. The Morgan fingerprint density at radius 2 is 2.22 bits per heavy atom. The predicted molar refractivity (Wildman–Crippen MR) is 63.1 cm³/mol. The maximum absolute atomic E-state index is 10.6. The molecule has 0 aliphatic rings. The van der Waals surface area contributed by atoms with Crippen LogP contribution >= 0.6 is 11.5 Å². The van der Waals surface area contributed by atoms with E-state index in [1.807, 2.05) is 13.8 Å². The first-order valence-corrected chi connectivity index (χ1v) is 6.17. The smallest absolute Gasteiger partial charge is 0.303 e. The van der Waals surface area contributed by atoms with Crippen LogP contribution in [0.1, 0.15) is 24.9 Å². The number of carbonyl (C=O) groups is 1. The van der Waals surface area contributed by atoms with Crippen LogP contribution in [0.5, 0.6) is 0 Å². The molecule has 0 spiro atoms. The van der Waals surface area contributed by atoms with E-state index < -0.39 is 5.97 Å². The number of hydrogen-bond donors (Lipinski definition) is 1.